The highest BCUT2D eigenvalue weighted by atomic mass is 19.4. The van der Waals surface area contributed by atoms with E-state index >= 15 is 0 Å². The lowest BCUT2D eigenvalue weighted by Crippen LogP contribution is -2.41. The van der Waals surface area contributed by atoms with Crippen molar-refractivity contribution in [3.05, 3.63) is 89.6 Å². The van der Waals surface area contributed by atoms with Gasteiger partial charge in [-0.15, -0.1) is 0 Å². The van der Waals surface area contributed by atoms with Gasteiger partial charge in [-0.3, -0.25) is 20.4 Å². The van der Waals surface area contributed by atoms with Gasteiger partial charge in [0.15, 0.2) is 0 Å². The van der Waals surface area contributed by atoms with Crippen LogP contribution in [-0.4, -0.2) is 16.8 Å². The van der Waals surface area contributed by atoms with Gasteiger partial charge in [-0.1, -0.05) is 18.2 Å². The quantitative estimate of drug-likeness (QED) is 0.649. The Labute approximate surface area is 163 Å². The molecule has 6 nitrogen and oxygen atoms in total. The third-order valence-electron chi connectivity index (χ3n) is 3.73. The number of hydrogen-bond donors (Lipinski definition) is 2. The predicted octanol–water partition coefficient (Wildman–Crippen LogP) is 3.97. The Kier molecular flexibility index (Phi) is 5.77. The number of hydrogen-bond acceptors (Lipinski definition) is 4. The number of nitrogens with one attached hydrogen (secondary N) is 2. The van der Waals surface area contributed by atoms with Gasteiger partial charge in [0, 0.05) is 23.4 Å². The highest BCUT2D eigenvalue weighted by Gasteiger charge is 2.31. The molecule has 3 aromatic rings. The number of aromatic nitrogens is 1. The van der Waals surface area contributed by atoms with Gasteiger partial charge in [-0.2, -0.15) is 13.2 Å². The summed E-state index contributed by atoms with van der Waals surface area (Å²) in [5.74, 6) is -1.08. The Morgan fingerprint density at radius 1 is 0.828 bits per heavy atom. The van der Waals surface area contributed by atoms with Crippen LogP contribution in [0.25, 0.3) is 0 Å². The van der Waals surface area contributed by atoms with Crippen LogP contribution in [-0.2, 0) is 6.18 Å². The molecule has 0 unspecified atom stereocenters. The minimum absolute atomic E-state index is 0.196. The summed E-state index contributed by atoms with van der Waals surface area (Å²) < 4.78 is 43.5. The lowest BCUT2D eigenvalue weighted by Gasteiger charge is -2.10. The van der Waals surface area contributed by atoms with Crippen LogP contribution in [0.2, 0.25) is 0 Å². The number of benzene rings is 2. The number of halogens is 3. The number of hydrazine groups is 1. The molecule has 0 atom stereocenters. The molecule has 2 amide bonds. The van der Waals surface area contributed by atoms with E-state index in [1.165, 1.54) is 24.3 Å². The molecule has 1 heterocycles. The first-order chi connectivity index (χ1) is 13.8. The topological polar surface area (TPSA) is 80.3 Å². The second-order valence-corrected chi connectivity index (χ2v) is 5.78. The fraction of sp³-hybridized carbons (Fsp3) is 0.0500. The van der Waals surface area contributed by atoms with Crippen molar-refractivity contribution in [3.8, 4) is 11.6 Å². The van der Waals surface area contributed by atoms with E-state index in [0.29, 0.717) is 5.56 Å². The summed E-state index contributed by atoms with van der Waals surface area (Å²) in [6.07, 6.45) is -3.51. The maximum absolute atomic E-state index is 12.7. The maximum atomic E-state index is 12.7. The van der Waals surface area contributed by atoms with Crippen molar-refractivity contribution in [3.63, 3.8) is 0 Å². The molecule has 0 saturated carbocycles. The average Bonchev–Trinajstić information content (AvgIpc) is 2.72. The van der Waals surface area contributed by atoms with Crippen LogP contribution in [0.15, 0.2) is 72.9 Å². The molecule has 0 aliphatic carbocycles. The fourth-order valence-electron chi connectivity index (χ4n) is 2.28. The van der Waals surface area contributed by atoms with Gasteiger partial charge in [0.1, 0.15) is 5.75 Å². The van der Waals surface area contributed by atoms with E-state index in [4.69, 9.17) is 4.74 Å². The van der Waals surface area contributed by atoms with Crippen molar-refractivity contribution in [1.29, 1.82) is 0 Å². The van der Waals surface area contributed by atoms with Crippen LogP contribution in [0, 0.1) is 0 Å². The molecule has 2 aromatic carbocycles. The number of carbonyl (C=O) groups is 2. The lowest BCUT2D eigenvalue weighted by molar-refractivity contribution is -0.137. The standard InChI is InChI=1S/C20H14F3N3O3/c21-20(22,23)15-10-11-24-17(12-15)29-16-8-6-14(7-9-16)19(28)26-25-18(27)13-4-2-1-3-5-13/h1-12H,(H,25,27)(H,26,28). The largest absolute Gasteiger partial charge is 0.439 e. The van der Waals surface area contributed by atoms with E-state index in [9.17, 15) is 22.8 Å². The molecule has 0 bridgehead atoms. The van der Waals surface area contributed by atoms with Crippen LogP contribution in [0.5, 0.6) is 11.6 Å². The molecular formula is C20H14F3N3O3. The number of rotatable bonds is 4. The molecule has 0 fully saturated rings. The predicted molar refractivity (Wildman–Crippen MR) is 97.1 cm³/mol. The molecule has 0 spiro atoms. The first kappa shape index (κ1) is 19.9. The van der Waals surface area contributed by atoms with Crippen molar-refractivity contribution in [2.75, 3.05) is 0 Å². The summed E-state index contributed by atoms with van der Waals surface area (Å²) in [6.45, 7) is 0. The first-order valence-electron chi connectivity index (χ1n) is 8.30. The number of nitrogens with zero attached hydrogens (tertiary/aromatic N) is 1. The summed E-state index contributed by atoms with van der Waals surface area (Å²) in [4.78, 5) is 27.7. The third kappa shape index (κ3) is 5.32. The third-order valence-corrected chi connectivity index (χ3v) is 3.73. The van der Waals surface area contributed by atoms with E-state index < -0.39 is 23.6 Å². The molecule has 2 N–H and O–H groups in total. The highest BCUT2D eigenvalue weighted by Crippen LogP contribution is 2.31. The van der Waals surface area contributed by atoms with Crippen LogP contribution in [0.3, 0.4) is 0 Å². The Morgan fingerprint density at radius 3 is 2.00 bits per heavy atom. The molecule has 148 valence electrons. The minimum Gasteiger partial charge on any atom is -0.439 e. The van der Waals surface area contributed by atoms with Crippen LogP contribution < -0.4 is 15.6 Å². The molecule has 9 heteroatoms. The smallest absolute Gasteiger partial charge is 0.416 e. The molecule has 1 aromatic heterocycles. The van der Waals surface area contributed by atoms with Crippen molar-refractivity contribution in [2.45, 2.75) is 6.18 Å². The van der Waals surface area contributed by atoms with Crippen LogP contribution in [0.4, 0.5) is 13.2 Å². The monoisotopic (exact) mass is 401 g/mol. The SMILES string of the molecule is O=C(NNC(=O)c1ccc(Oc2cc(C(F)(F)F)ccn2)cc1)c1ccccc1. The highest BCUT2D eigenvalue weighted by molar-refractivity contribution is 5.99. The second-order valence-electron chi connectivity index (χ2n) is 5.78. The van der Waals surface area contributed by atoms with Crippen molar-refractivity contribution >= 4 is 11.8 Å². The maximum Gasteiger partial charge on any atom is 0.416 e. The lowest BCUT2D eigenvalue weighted by atomic mass is 10.2. The van der Waals surface area contributed by atoms with E-state index in [2.05, 4.69) is 15.8 Å². The molecule has 0 aliphatic heterocycles. The number of amides is 2. The zero-order chi connectivity index (χ0) is 20.9. The van der Waals surface area contributed by atoms with E-state index in [0.717, 1.165) is 18.3 Å². The van der Waals surface area contributed by atoms with E-state index in [1.807, 2.05) is 0 Å². The van der Waals surface area contributed by atoms with E-state index in [1.54, 1.807) is 30.3 Å². The van der Waals surface area contributed by atoms with E-state index in [-0.39, 0.29) is 17.2 Å². The van der Waals surface area contributed by atoms with Crippen molar-refractivity contribution in [2.24, 2.45) is 0 Å². The van der Waals surface area contributed by atoms with Crippen LogP contribution in [0.1, 0.15) is 26.3 Å². The van der Waals surface area contributed by atoms with Crippen molar-refractivity contribution < 1.29 is 27.5 Å². The Bertz CT molecular complexity index is 1010. The summed E-state index contributed by atoms with van der Waals surface area (Å²) in [5.41, 5.74) is 4.27. The zero-order valence-electron chi connectivity index (χ0n) is 14.7. The fourth-order valence-corrected chi connectivity index (χ4v) is 2.28. The molecule has 0 saturated heterocycles. The second kappa shape index (κ2) is 8.42. The Balaban J connectivity index is 1.60. The Morgan fingerprint density at radius 2 is 1.41 bits per heavy atom. The zero-order valence-corrected chi connectivity index (χ0v) is 14.7. The van der Waals surface area contributed by atoms with Gasteiger partial charge in [0.05, 0.1) is 5.56 Å². The number of ether oxygens (including phenoxy) is 1. The molecule has 0 aliphatic rings. The minimum atomic E-state index is -4.51. The first-order valence-corrected chi connectivity index (χ1v) is 8.30. The molecule has 0 radical (unpaired) electrons. The average molecular weight is 401 g/mol. The van der Waals surface area contributed by atoms with Gasteiger partial charge in [0.2, 0.25) is 5.88 Å². The molecular weight excluding hydrogens is 387 g/mol. The number of pyridine rings is 1. The summed E-state index contributed by atoms with van der Waals surface area (Å²) >= 11 is 0. The van der Waals surface area contributed by atoms with Gasteiger partial charge in [0.25, 0.3) is 11.8 Å². The van der Waals surface area contributed by atoms with Crippen molar-refractivity contribution in [1.82, 2.24) is 15.8 Å². The number of carbonyl (C=O) groups excluding carboxylic acids is 2. The molecule has 29 heavy (non-hydrogen) atoms. The molecule has 3 rings (SSSR count). The Hall–Kier alpha value is -3.88. The van der Waals surface area contributed by atoms with Crippen LogP contribution >= 0.6 is 0 Å². The number of alkyl halides is 3. The van der Waals surface area contributed by atoms with Gasteiger partial charge in [-0.05, 0) is 42.5 Å². The summed E-state index contributed by atoms with van der Waals surface area (Å²) in [6, 6.07) is 15.5. The normalized spacial score (nSPS) is 10.9. The van der Waals surface area contributed by atoms with Gasteiger partial charge >= 0.3 is 6.18 Å². The summed E-state index contributed by atoms with van der Waals surface area (Å²) in [7, 11) is 0. The van der Waals surface area contributed by atoms with Gasteiger partial charge < -0.3 is 4.74 Å². The van der Waals surface area contributed by atoms with Gasteiger partial charge in [-0.25, -0.2) is 4.98 Å². The summed E-state index contributed by atoms with van der Waals surface area (Å²) in [5, 5.41) is 0.